The van der Waals surface area contributed by atoms with Gasteiger partial charge in [0.1, 0.15) is 11.5 Å². The SMILES string of the molecule is COc1ccc(C2=NN3[C@H](C2)c2ccccc2O[C@H]3c2ccncc2)cc1. The quantitative estimate of drug-likeness (QED) is 0.700. The number of para-hydroxylation sites is 1. The molecule has 0 unspecified atom stereocenters. The second-order valence-electron chi connectivity index (χ2n) is 6.66. The fourth-order valence-corrected chi connectivity index (χ4v) is 3.74. The molecule has 2 aliphatic heterocycles. The minimum atomic E-state index is -0.261. The molecule has 0 saturated carbocycles. The number of hydrazone groups is 1. The van der Waals surface area contributed by atoms with Crippen LogP contribution in [0.3, 0.4) is 0 Å². The smallest absolute Gasteiger partial charge is 0.213 e. The van der Waals surface area contributed by atoms with Gasteiger partial charge in [0.25, 0.3) is 0 Å². The van der Waals surface area contributed by atoms with Gasteiger partial charge in [0.2, 0.25) is 6.23 Å². The molecule has 0 amide bonds. The zero-order valence-electron chi connectivity index (χ0n) is 14.9. The summed E-state index contributed by atoms with van der Waals surface area (Å²) in [6, 6.07) is 20.4. The highest BCUT2D eigenvalue weighted by atomic mass is 16.5. The van der Waals surface area contributed by atoms with Gasteiger partial charge in [0.05, 0.1) is 18.9 Å². The molecule has 0 aliphatic carbocycles. The maximum absolute atomic E-state index is 6.32. The van der Waals surface area contributed by atoms with Crippen LogP contribution in [0.25, 0.3) is 0 Å². The average molecular weight is 357 g/mol. The van der Waals surface area contributed by atoms with Crippen molar-refractivity contribution in [2.45, 2.75) is 18.7 Å². The van der Waals surface area contributed by atoms with Crippen molar-refractivity contribution in [3.63, 3.8) is 0 Å². The van der Waals surface area contributed by atoms with E-state index in [1.807, 2.05) is 36.4 Å². The predicted octanol–water partition coefficient (Wildman–Crippen LogP) is 4.33. The van der Waals surface area contributed by atoms with Crippen LogP contribution < -0.4 is 9.47 Å². The largest absolute Gasteiger partial charge is 0.497 e. The maximum atomic E-state index is 6.32. The predicted molar refractivity (Wildman–Crippen MR) is 103 cm³/mol. The van der Waals surface area contributed by atoms with Crippen LogP contribution >= 0.6 is 0 Å². The second-order valence-corrected chi connectivity index (χ2v) is 6.66. The van der Waals surface area contributed by atoms with Crippen molar-refractivity contribution in [3.05, 3.63) is 89.7 Å². The fraction of sp³-hybridized carbons (Fsp3) is 0.182. The minimum Gasteiger partial charge on any atom is -0.497 e. The van der Waals surface area contributed by atoms with E-state index in [0.717, 1.165) is 34.8 Å². The number of hydrogen-bond acceptors (Lipinski definition) is 5. The summed E-state index contributed by atoms with van der Waals surface area (Å²) in [7, 11) is 1.68. The molecule has 5 heteroatoms. The monoisotopic (exact) mass is 357 g/mol. The van der Waals surface area contributed by atoms with Gasteiger partial charge < -0.3 is 9.47 Å². The van der Waals surface area contributed by atoms with Crippen LogP contribution in [0, 0.1) is 0 Å². The van der Waals surface area contributed by atoms with Gasteiger partial charge in [-0.05, 0) is 48.0 Å². The lowest BCUT2D eigenvalue weighted by atomic mass is 9.96. The van der Waals surface area contributed by atoms with Crippen LogP contribution in [0.1, 0.15) is 35.4 Å². The molecular formula is C22H19N3O2. The Bertz CT molecular complexity index is 986. The fourth-order valence-electron chi connectivity index (χ4n) is 3.74. The van der Waals surface area contributed by atoms with Gasteiger partial charge >= 0.3 is 0 Å². The molecule has 0 saturated heterocycles. The third-order valence-corrected chi connectivity index (χ3v) is 5.11. The third-order valence-electron chi connectivity index (χ3n) is 5.11. The lowest BCUT2D eigenvalue weighted by molar-refractivity contribution is -0.0190. The molecule has 27 heavy (non-hydrogen) atoms. The van der Waals surface area contributed by atoms with Crippen molar-refractivity contribution < 1.29 is 9.47 Å². The number of ether oxygens (including phenoxy) is 2. The highest BCUT2D eigenvalue weighted by molar-refractivity contribution is 6.02. The number of methoxy groups -OCH3 is 1. The molecule has 0 radical (unpaired) electrons. The molecule has 5 rings (SSSR count). The van der Waals surface area contributed by atoms with Crippen molar-refractivity contribution in [2.24, 2.45) is 5.10 Å². The molecule has 3 aromatic rings. The molecule has 3 heterocycles. The molecular weight excluding hydrogens is 338 g/mol. The third kappa shape index (κ3) is 2.72. The Morgan fingerprint density at radius 3 is 2.56 bits per heavy atom. The molecule has 5 nitrogen and oxygen atoms in total. The number of nitrogens with zero attached hydrogens (tertiary/aromatic N) is 3. The number of hydrogen-bond donors (Lipinski definition) is 0. The van der Waals surface area contributed by atoms with Gasteiger partial charge in [0, 0.05) is 29.9 Å². The van der Waals surface area contributed by atoms with E-state index in [1.165, 1.54) is 5.56 Å². The molecule has 2 aliphatic rings. The first-order valence-electron chi connectivity index (χ1n) is 8.99. The maximum Gasteiger partial charge on any atom is 0.213 e. The van der Waals surface area contributed by atoms with Gasteiger partial charge in [-0.15, -0.1) is 0 Å². The summed E-state index contributed by atoms with van der Waals surface area (Å²) in [6.07, 6.45) is 4.16. The Morgan fingerprint density at radius 2 is 1.78 bits per heavy atom. The van der Waals surface area contributed by atoms with Gasteiger partial charge in [-0.3, -0.25) is 4.98 Å². The summed E-state index contributed by atoms with van der Waals surface area (Å²) in [5.41, 5.74) is 4.39. The molecule has 0 bridgehead atoms. The second kappa shape index (κ2) is 6.43. The van der Waals surface area contributed by atoms with E-state index >= 15 is 0 Å². The van der Waals surface area contributed by atoms with Crippen LogP contribution in [0.5, 0.6) is 11.5 Å². The molecule has 0 fully saturated rings. The van der Waals surface area contributed by atoms with Crippen LogP contribution in [-0.4, -0.2) is 22.8 Å². The van der Waals surface area contributed by atoms with Crippen LogP contribution in [0.2, 0.25) is 0 Å². The van der Waals surface area contributed by atoms with Crippen molar-refractivity contribution in [1.29, 1.82) is 0 Å². The summed E-state index contributed by atoms with van der Waals surface area (Å²) in [6.45, 7) is 0. The zero-order chi connectivity index (χ0) is 18.2. The average Bonchev–Trinajstić information content (AvgIpc) is 3.19. The zero-order valence-corrected chi connectivity index (χ0v) is 14.9. The summed E-state index contributed by atoms with van der Waals surface area (Å²) in [5, 5.41) is 7.04. The van der Waals surface area contributed by atoms with Gasteiger partial charge in [0.15, 0.2) is 0 Å². The van der Waals surface area contributed by atoms with Gasteiger partial charge in [-0.25, -0.2) is 5.01 Å². The Balaban J connectivity index is 1.56. The van der Waals surface area contributed by atoms with Crippen LogP contribution in [0.4, 0.5) is 0 Å². The number of pyridine rings is 1. The normalized spacial score (nSPS) is 20.3. The topological polar surface area (TPSA) is 47.0 Å². The molecule has 0 spiro atoms. The van der Waals surface area contributed by atoms with E-state index in [-0.39, 0.29) is 12.3 Å². The number of fused-ring (bicyclic) bond motifs is 3. The van der Waals surface area contributed by atoms with E-state index in [2.05, 4.69) is 34.3 Å². The van der Waals surface area contributed by atoms with Crippen molar-refractivity contribution >= 4 is 5.71 Å². The summed E-state index contributed by atoms with van der Waals surface area (Å²) in [5.74, 6) is 1.77. The van der Waals surface area contributed by atoms with Crippen molar-refractivity contribution in [1.82, 2.24) is 9.99 Å². The van der Waals surface area contributed by atoms with Gasteiger partial charge in [-0.2, -0.15) is 5.10 Å². The van der Waals surface area contributed by atoms with Crippen molar-refractivity contribution in [3.8, 4) is 11.5 Å². The summed E-state index contributed by atoms with van der Waals surface area (Å²) >= 11 is 0. The Kier molecular flexibility index (Phi) is 3.78. The van der Waals surface area contributed by atoms with Crippen LogP contribution in [0.15, 0.2) is 78.2 Å². The molecule has 2 atom stereocenters. The lowest BCUT2D eigenvalue weighted by Crippen LogP contribution is -2.33. The number of aromatic nitrogens is 1. The van der Waals surface area contributed by atoms with Crippen molar-refractivity contribution in [2.75, 3.05) is 7.11 Å². The lowest BCUT2D eigenvalue weighted by Gasteiger charge is -2.38. The highest BCUT2D eigenvalue weighted by Gasteiger charge is 2.40. The van der Waals surface area contributed by atoms with Crippen LogP contribution in [-0.2, 0) is 0 Å². The van der Waals surface area contributed by atoms with E-state index < -0.39 is 0 Å². The Hall–Kier alpha value is -3.34. The number of rotatable bonds is 3. The summed E-state index contributed by atoms with van der Waals surface area (Å²) < 4.78 is 11.6. The van der Waals surface area contributed by atoms with E-state index in [4.69, 9.17) is 14.6 Å². The number of benzene rings is 2. The standard InChI is InChI=1S/C22H19N3O2/c1-26-17-8-6-15(7-9-17)19-14-20-18-4-2-3-5-21(18)27-22(25(20)24-19)16-10-12-23-13-11-16/h2-13,20,22H,14H2,1H3/t20-,22+/m1/s1. The van der Waals surface area contributed by atoms with E-state index in [9.17, 15) is 0 Å². The van der Waals surface area contributed by atoms with Gasteiger partial charge in [-0.1, -0.05) is 18.2 Å². The van der Waals surface area contributed by atoms with E-state index in [0.29, 0.717) is 0 Å². The Morgan fingerprint density at radius 1 is 1.00 bits per heavy atom. The summed E-state index contributed by atoms with van der Waals surface area (Å²) in [4.78, 5) is 4.13. The highest BCUT2D eigenvalue weighted by Crippen LogP contribution is 2.47. The molecule has 134 valence electrons. The first-order valence-corrected chi connectivity index (χ1v) is 8.99. The van der Waals surface area contributed by atoms with E-state index in [1.54, 1.807) is 19.5 Å². The molecule has 2 aromatic carbocycles. The molecule has 1 aromatic heterocycles. The first-order chi connectivity index (χ1) is 13.3. The Labute approximate surface area is 157 Å². The molecule has 0 N–H and O–H groups in total. The minimum absolute atomic E-state index is 0.158. The first kappa shape index (κ1) is 15.9.